The summed E-state index contributed by atoms with van der Waals surface area (Å²) in [5.74, 6) is 0.0162. The van der Waals surface area contributed by atoms with Crippen LogP contribution in [0.4, 0.5) is 5.69 Å². The number of carbonyl (C=O) groups is 2. The van der Waals surface area contributed by atoms with Crippen molar-refractivity contribution in [1.29, 1.82) is 0 Å². The molecule has 3 heterocycles. The maximum Gasteiger partial charge on any atom is 0.281 e. The number of aldehydes is 2. The number of nitro groups is 1. The van der Waals surface area contributed by atoms with Crippen molar-refractivity contribution in [2.75, 3.05) is 0 Å². The van der Waals surface area contributed by atoms with E-state index in [9.17, 15) is 24.9 Å². The molecular formula is C19H10N4O7. The molecule has 4 rings (SSSR count). The molecule has 0 fully saturated rings. The maximum atomic E-state index is 12.0. The summed E-state index contributed by atoms with van der Waals surface area (Å²) in [5, 5.41) is 27.1. The molecule has 0 saturated heterocycles. The van der Waals surface area contributed by atoms with E-state index in [-0.39, 0.29) is 34.7 Å². The molecule has 0 spiro atoms. The van der Waals surface area contributed by atoms with Crippen molar-refractivity contribution in [3.63, 3.8) is 0 Å². The van der Waals surface area contributed by atoms with Gasteiger partial charge in [0.1, 0.15) is 11.8 Å². The number of nitrogens with zero attached hydrogens (tertiary/aromatic N) is 4. The molecule has 4 aromatic rings. The second kappa shape index (κ2) is 7.39. The van der Waals surface area contributed by atoms with Gasteiger partial charge >= 0.3 is 0 Å². The number of rotatable bonds is 6. The summed E-state index contributed by atoms with van der Waals surface area (Å²) in [6.45, 7) is 0. The van der Waals surface area contributed by atoms with Crippen molar-refractivity contribution in [2.24, 2.45) is 0 Å². The topological polar surface area (TPSA) is 156 Å². The van der Waals surface area contributed by atoms with Crippen LogP contribution in [0.15, 0.2) is 58.0 Å². The van der Waals surface area contributed by atoms with Gasteiger partial charge in [0.2, 0.25) is 11.5 Å². The molecule has 0 unspecified atom stereocenters. The third-order valence-corrected chi connectivity index (χ3v) is 4.30. The van der Waals surface area contributed by atoms with E-state index in [0.29, 0.717) is 27.8 Å². The van der Waals surface area contributed by atoms with E-state index in [2.05, 4.69) is 10.1 Å². The van der Waals surface area contributed by atoms with Crippen LogP contribution in [0.25, 0.3) is 34.1 Å². The van der Waals surface area contributed by atoms with Gasteiger partial charge in [-0.05, 0) is 12.1 Å². The van der Waals surface area contributed by atoms with Crippen LogP contribution < -0.4 is 4.73 Å². The average molecular weight is 406 g/mol. The molecule has 11 heteroatoms. The van der Waals surface area contributed by atoms with Crippen LogP contribution in [0.3, 0.4) is 0 Å². The van der Waals surface area contributed by atoms with Crippen LogP contribution in [0.5, 0.6) is 0 Å². The minimum Gasteiger partial charge on any atom is -0.618 e. The summed E-state index contributed by atoms with van der Waals surface area (Å²) in [5.41, 5.74) is 0.308. The van der Waals surface area contributed by atoms with Crippen LogP contribution in [0.1, 0.15) is 20.7 Å². The minimum absolute atomic E-state index is 0.0954. The van der Waals surface area contributed by atoms with Gasteiger partial charge in [-0.1, -0.05) is 5.16 Å². The van der Waals surface area contributed by atoms with E-state index < -0.39 is 10.6 Å². The highest BCUT2D eigenvalue weighted by molar-refractivity contribution is 5.96. The third kappa shape index (κ3) is 3.20. The van der Waals surface area contributed by atoms with E-state index in [1.165, 1.54) is 36.9 Å². The first-order valence-electron chi connectivity index (χ1n) is 8.35. The number of carbonyl (C=O) groups excluding carboxylic acids is 2. The Hall–Kier alpha value is -4.67. The first-order valence-corrected chi connectivity index (χ1v) is 8.35. The molecule has 0 aliphatic carbocycles. The number of hydrogen-bond acceptors (Lipinski definition) is 9. The van der Waals surface area contributed by atoms with Crippen molar-refractivity contribution in [3.8, 4) is 34.1 Å². The van der Waals surface area contributed by atoms with Gasteiger partial charge in [-0.25, -0.2) is 0 Å². The molecule has 148 valence electrons. The molecule has 0 aliphatic rings. The van der Waals surface area contributed by atoms with E-state index in [1.54, 1.807) is 6.07 Å². The fraction of sp³-hybridized carbons (Fsp3) is 0. The van der Waals surface area contributed by atoms with Gasteiger partial charge in [-0.15, -0.1) is 0 Å². The quantitative estimate of drug-likeness (QED) is 0.154. The second-order valence-electron chi connectivity index (χ2n) is 6.05. The predicted molar refractivity (Wildman–Crippen MR) is 99.3 cm³/mol. The van der Waals surface area contributed by atoms with Crippen LogP contribution in [0.2, 0.25) is 0 Å². The zero-order valence-electron chi connectivity index (χ0n) is 14.9. The lowest BCUT2D eigenvalue weighted by Crippen LogP contribution is -2.28. The number of nitro benzene ring substituents is 1. The Morgan fingerprint density at radius 1 is 1.07 bits per heavy atom. The fourth-order valence-corrected chi connectivity index (χ4v) is 2.87. The van der Waals surface area contributed by atoms with Gasteiger partial charge in [0, 0.05) is 34.9 Å². The monoisotopic (exact) mass is 406 g/mol. The molecular weight excluding hydrogens is 396 g/mol. The van der Waals surface area contributed by atoms with E-state index in [1.807, 2.05) is 0 Å². The first-order chi connectivity index (χ1) is 14.5. The SMILES string of the molecule is O=Cc1cc(-c2nc(-c3cc[n+]([O-])c(-c4ccoc4)c3)no2)cc([N+](=O)[O-])c1C=O. The molecule has 0 saturated carbocycles. The van der Waals surface area contributed by atoms with Gasteiger partial charge in [-0.2, -0.15) is 9.71 Å². The van der Waals surface area contributed by atoms with Gasteiger partial charge in [0.05, 0.1) is 16.7 Å². The maximum absolute atomic E-state index is 12.0. The average Bonchev–Trinajstić information content (AvgIpc) is 3.45. The highest BCUT2D eigenvalue weighted by Crippen LogP contribution is 2.30. The van der Waals surface area contributed by atoms with Crippen molar-refractivity contribution >= 4 is 18.3 Å². The van der Waals surface area contributed by atoms with Gasteiger partial charge in [-0.3, -0.25) is 19.7 Å². The molecule has 0 atom stereocenters. The van der Waals surface area contributed by atoms with Crippen LogP contribution >= 0.6 is 0 Å². The van der Waals surface area contributed by atoms with Crippen LogP contribution in [-0.2, 0) is 0 Å². The largest absolute Gasteiger partial charge is 0.618 e. The molecule has 0 bridgehead atoms. The second-order valence-corrected chi connectivity index (χ2v) is 6.05. The smallest absolute Gasteiger partial charge is 0.281 e. The molecule has 1 aromatic carbocycles. The predicted octanol–water partition coefficient (Wildman–Crippen LogP) is 2.83. The van der Waals surface area contributed by atoms with Crippen molar-refractivity contribution < 1.29 is 28.2 Å². The lowest BCUT2D eigenvalue weighted by atomic mass is 10.0. The molecule has 0 N–H and O–H groups in total. The molecule has 0 amide bonds. The summed E-state index contributed by atoms with van der Waals surface area (Å²) in [6.07, 6.45) is 4.67. The summed E-state index contributed by atoms with van der Waals surface area (Å²) in [7, 11) is 0. The van der Waals surface area contributed by atoms with Gasteiger partial charge in [0.25, 0.3) is 11.6 Å². The minimum atomic E-state index is -0.779. The Bertz CT molecular complexity index is 1280. The van der Waals surface area contributed by atoms with E-state index >= 15 is 0 Å². The zero-order valence-corrected chi connectivity index (χ0v) is 14.9. The molecule has 0 aliphatic heterocycles. The standard InChI is InChI=1S/C19H10N4O7/c24-8-14-5-13(7-17(23(27)28)15(14)9-25)19-20-18(21-30-19)11-1-3-22(26)16(6-11)12-2-4-29-10-12/h1-10H. The van der Waals surface area contributed by atoms with Crippen LogP contribution in [0, 0.1) is 15.3 Å². The number of benzene rings is 1. The number of pyridine rings is 1. The highest BCUT2D eigenvalue weighted by Gasteiger charge is 2.23. The van der Waals surface area contributed by atoms with Gasteiger partial charge < -0.3 is 14.1 Å². The molecule has 0 radical (unpaired) electrons. The first kappa shape index (κ1) is 18.7. The number of aromatic nitrogens is 3. The Labute approximate surface area is 166 Å². The van der Waals surface area contributed by atoms with Gasteiger partial charge in [0.15, 0.2) is 18.8 Å². The van der Waals surface area contributed by atoms with Crippen molar-refractivity contribution in [3.05, 3.63) is 75.5 Å². The van der Waals surface area contributed by atoms with Crippen molar-refractivity contribution in [1.82, 2.24) is 10.1 Å². The summed E-state index contributed by atoms with van der Waals surface area (Å²) in [4.78, 5) is 37.1. The van der Waals surface area contributed by atoms with E-state index in [4.69, 9.17) is 8.94 Å². The number of furan rings is 1. The summed E-state index contributed by atoms with van der Waals surface area (Å²) < 4.78 is 10.8. The van der Waals surface area contributed by atoms with Crippen molar-refractivity contribution in [2.45, 2.75) is 0 Å². The normalized spacial score (nSPS) is 10.7. The fourth-order valence-electron chi connectivity index (χ4n) is 2.87. The Morgan fingerprint density at radius 3 is 2.57 bits per heavy atom. The molecule has 11 nitrogen and oxygen atoms in total. The van der Waals surface area contributed by atoms with Crippen LogP contribution in [-0.4, -0.2) is 27.6 Å². The zero-order chi connectivity index (χ0) is 21.3. The lowest BCUT2D eigenvalue weighted by Gasteiger charge is -2.03. The highest BCUT2D eigenvalue weighted by atomic mass is 16.6. The van der Waals surface area contributed by atoms with E-state index in [0.717, 1.165) is 6.07 Å². The summed E-state index contributed by atoms with van der Waals surface area (Å²) in [6, 6.07) is 6.93. The lowest BCUT2D eigenvalue weighted by molar-refractivity contribution is -0.593. The Morgan fingerprint density at radius 2 is 1.90 bits per heavy atom. The molecule has 3 aromatic heterocycles. The summed E-state index contributed by atoms with van der Waals surface area (Å²) >= 11 is 0. The Balaban J connectivity index is 1.78. The molecule has 30 heavy (non-hydrogen) atoms. The third-order valence-electron chi connectivity index (χ3n) is 4.30. The number of hydrogen-bond donors (Lipinski definition) is 0. The Kier molecular flexibility index (Phi) is 4.60.